The zero-order chi connectivity index (χ0) is 16.1. The summed E-state index contributed by atoms with van der Waals surface area (Å²) in [5, 5.41) is 10.8. The van der Waals surface area contributed by atoms with Crippen LogP contribution in [0.4, 0.5) is 4.39 Å². The van der Waals surface area contributed by atoms with Crippen molar-refractivity contribution in [3.8, 4) is 0 Å². The van der Waals surface area contributed by atoms with Crippen LogP contribution in [0.5, 0.6) is 0 Å². The van der Waals surface area contributed by atoms with Crippen LogP contribution in [0.2, 0.25) is 0 Å². The molecule has 1 aliphatic rings. The molecule has 0 atom stereocenters. The molecule has 2 aromatic rings. The fraction of sp³-hybridized carbons (Fsp3) is 0.467. The predicted molar refractivity (Wildman–Crippen MR) is 80.7 cm³/mol. The molecule has 1 aromatic heterocycles. The fourth-order valence-corrected chi connectivity index (χ4v) is 2.74. The molecule has 0 spiro atoms. The summed E-state index contributed by atoms with van der Waals surface area (Å²) in [4.78, 5) is 16.3. The van der Waals surface area contributed by atoms with E-state index in [1.54, 1.807) is 12.1 Å². The van der Waals surface area contributed by atoms with Crippen LogP contribution in [0.15, 0.2) is 30.6 Å². The lowest BCUT2D eigenvalue weighted by molar-refractivity contribution is -0.131. The van der Waals surface area contributed by atoms with Crippen LogP contribution in [0.25, 0.3) is 0 Å². The quantitative estimate of drug-likeness (QED) is 0.823. The SMILES string of the molecule is O=C(Cn1cnnn1)N1CCCN(Cc2ccccc2F)CC1. The molecule has 0 radical (unpaired) electrons. The number of nitrogens with zero attached hydrogens (tertiary/aromatic N) is 6. The molecular weight excluding hydrogens is 299 g/mol. The summed E-state index contributed by atoms with van der Waals surface area (Å²) < 4.78 is 15.2. The first-order valence-corrected chi connectivity index (χ1v) is 7.66. The number of halogens is 1. The topological polar surface area (TPSA) is 67.2 Å². The van der Waals surface area contributed by atoms with E-state index >= 15 is 0 Å². The number of aromatic nitrogens is 4. The number of rotatable bonds is 4. The van der Waals surface area contributed by atoms with Crippen molar-refractivity contribution in [2.75, 3.05) is 26.2 Å². The maximum absolute atomic E-state index is 13.8. The minimum atomic E-state index is -0.177. The zero-order valence-corrected chi connectivity index (χ0v) is 12.8. The maximum Gasteiger partial charge on any atom is 0.244 e. The molecule has 23 heavy (non-hydrogen) atoms. The molecular formula is C15H19FN6O. The molecule has 0 bridgehead atoms. The molecule has 122 valence electrons. The molecule has 8 heteroatoms. The number of hydrogen-bond donors (Lipinski definition) is 0. The minimum absolute atomic E-state index is 0.00467. The second kappa shape index (κ2) is 7.28. The van der Waals surface area contributed by atoms with Gasteiger partial charge in [0.1, 0.15) is 18.7 Å². The fourth-order valence-electron chi connectivity index (χ4n) is 2.74. The summed E-state index contributed by atoms with van der Waals surface area (Å²) in [5.74, 6) is -0.173. The summed E-state index contributed by atoms with van der Waals surface area (Å²) in [5.41, 5.74) is 0.695. The Kier molecular flexibility index (Phi) is 4.92. The number of amides is 1. The van der Waals surface area contributed by atoms with Gasteiger partial charge in [0.15, 0.2) is 0 Å². The summed E-state index contributed by atoms with van der Waals surface area (Å²) in [6.45, 7) is 3.64. The van der Waals surface area contributed by atoms with Gasteiger partial charge < -0.3 is 4.90 Å². The molecule has 1 aromatic carbocycles. The van der Waals surface area contributed by atoms with E-state index in [2.05, 4.69) is 20.4 Å². The van der Waals surface area contributed by atoms with Crippen LogP contribution in [0.1, 0.15) is 12.0 Å². The van der Waals surface area contributed by atoms with Crippen LogP contribution in [-0.2, 0) is 17.9 Å². The van der Waals surface area contributed by atoms with E-state index in [9.17, 15) is 9.18 Å². The highest BCUT2D eigenvalue weighted by Crippen LogP contribution is 2.12. The summed E-state index contributed by atoms with van der Waals surface area (Å²) in [7, 11) is 0. The average Bonchev–Trinajstić information content (AvgIpc) is 2.94. The second-order valence-electron chi connectivity index (χ2n) is 5.61. The van der Waals surface area contributed by atoms with Gasteiger partial charge in [-0.25, -0.2) is 9.07 Å². The van der Waals surface area contributed by atoms with E-state index < -0.39 is 0 Å². The third-order valence-electron chi connectivity index (χ3n) is 3.98. The lowest BCUT2D eigenvalue weighted by Gasteiger charge is -2.22. The molecule has 0 unspecified atom stereocenters. The number of hydrogen-bond acceptors (Lipinski definition) is 5. The predicted octanol–water partition coefficient (Wildman–Crippen LogP) is 0.547. The number of tetrazole rings is 1. The highest BCUT2D eigenvalue weighted by atomic mass is 19.1. The van der Waals surface area contributed by atoms with Gasteiger partial charge in [-0.3, -0.25) is 9.69 Å². The van der Waals surface area contributed by atoms with Gasteiger partial charge in [0.2, 0.25) is 5.91 Å². The molecule has 2 heterocycles. The lowest BCUT2D eigenvalue weighted by atomic mass is 10.2. The number of carbonyl (C=O) groups is 1. The van der Waals surface area contributed by atoms with Gasteiger partial charge >= 0.3 is 0 Å². The smallest absolute Gasteiger partial charge is 0.244 e. The molecule has 1 aliphatic heterocycles. The molecule has 1 amide bonds. The van der Waals surface area contributed by atoms with E-state index in [4.69, 9.17) is 0 Å². The van der Waals surface area contributed by atoms with Crippen molar-refractivity contribution < 1.29 is 9.18 Å². The lowest BCUT2D eigenvalue weighted by Crippen LogP contribution is -2.37. The van der Waals surface area contributed by atoms with Crippen LogP contribution in [-0.4, -0.2) is 62.1 Å². The Hall–Kier alpha value is -2.35. The highest BCUT2D eigenvalue weighted by molar-refractivity contribution is 5.75. The largest absolute Gasteiger partial charge is 0.340 e. The number of benzene rings is 1. The molecule has 0 N–H and O–H groups in total. The molecule has 0 saturated carbocycles. The Bertz CT molecular complexity index is 647. The van der Waals surface area contributed by atoms with E-state index in [0.717, 1.165) is 19.5 Å². The van der Waals surface area contributed by atoms with Crippen molar-refractivity contribution in [3.05, 3.63) is 42.0 Å². The van der Waals surface area contributed by atoms with Crippen molar-refractivity contribution in [2.24, 2.45) is 0 Å². The van der Waals surface area contributed by atoms with Crippen LogP contribution >= 0.6 is 0 Å². The van der Waals surface area contributed by atoms with Crippen molar-refractivity contribution in [1.29, 1.82) is 0 Å². The van der Waals surface area contributed by atoms with E-state index in [0.29, 0.717) is 25.2 Å². The van der Waals surface area contributed by atoms with Gasteiger partial charge in [-0.15, -0.1) is 5.10 Å². The Morgan fingerprint density at radius 1 is 1.17 bits per heavy atom. The summed E-state index contributed by atoms with van der Waals surface area (Å²) in [6.07, 6.45) is 2.30. The minimum Gasteiger partial charge on any atom is -0.340 e. The monoisotopic (exact) mass is 318 g/mol. The van der Waals surface area contributed by atoms with E-state index in [1.807, 2.05) is 11.0 Å². The molecule has 1 fully saturated rings. The summed E-state index contributed by atoms with van der Waals surface area (Å²) in [6, 6.07) is 6.83. The number of carbonyl (C=O) groups excluding carboxylic acids is 1. The maximum atomic E-state index is 13.8. The molecule has 1 saturated heterocycles. The third-order valence-corrected chi connectivity index (χ3v) is 3.98. The molecule has 7 nitrogen and oxygen atoms in total. The van der Waals surface area contributed by atoms with Gasteiger partial charge in [-0.1, -0.05) is 18.2 Å². The Labute approximate surface area is 133 Å². The Morgan fingerprint density at radius 3 is 2.83 bits per heavy atom. The first-order chi connectivity index (χ1) is 11.2. The average molecular weight is 318 g/mol. The van der Waals surface area contributed by atoms with Crippen molar-refractivity contribution in [1.82, 2.24) is 30.0 Å². The normalized spacial score (nSPS) is 16.3. The van der Waals surface area contributed by atoms with Gasteiger partial charge in [0, 0.05) is 38.3 Å². The van der Waals surface area contributed by atoms with Gasteiger partial charge in [0.25, 0.3) is 0 Å². The van der Waals surface area contributed by atoms with Crippen molar-refractivity contribution >= 4 is 5.91 Å². The Morgan fingerprint density at radius 2 is 2.04 bits per heavy atom. The first kappa shape index (κ1) is 15.5. The Balaban J connectivity index is 1.54. The van der Waals surface area contributed by atoms with Crippen molar-refractivity contribution in [3.63, 3.8) is 0 Å². The highest BCUT2D eigenvalue weighted by Gasteiger charge is 2.20. The standard InChI is InChI=1S/C15H19FN6O/c16-14-5-2-1-4-13(14)10-20-6-3-7-21(9-8-20)15(23)11-22-12-17-18-19-22/h1-2,4-5,12H,3,6-11H2. The third kappa shape index (κ3) is 4.10. The van der Waals surface area contributed by atoms with E-state index in [-0.39, 0.29) is 18.3 Å². The first-order valence-electron chi connectivity index (χ1n) is 7.66. The summed E-state index contributed by atoms with van der Waals surface area (Å²) >= 11 is 0. The van der Waals surface area contributed by atoms with Crippen LogP contribution < -0.4 is 0 Å². The van der Waals surface area contributed by atoms with Gasteiger partial charge in [0.05, 0.1) is 0 Å². The molecule has 3 rings (SSSR count). The van der Waals surface area contributed by atoms with Crippen LogP contribution in [0.3, 0.4) is 0 Å². The van der Waals surface area contributed by atoms with Crippen molar-refractivity contribution in [2.45, 2.75) is 19.5 Å². The van der Waals surface area contributed by atoms with Gasteiger partial charge in [-0.05, 0) is 22.9 Å². The zero-order valence-electron chi connectivity index (χ0n) is 12.8. The molecule has 0 aliphatic carbocycles. The van der Waals surface area contributed by atoms with E-state index in [1.165, 1.54) is 17.1 Å². The van der Waals surface area contributed by atoms with Crippen LogP contribution in [0, 0.1) is 5.82 Å². The van der Waals surface area contributed by atoms with Gasteiger partial charge in [-0.2, -0.15) is 0 Å². The second-order valence-corrected chi connectivity index (χ2v) is 5.61.